The first-order valence-electron chi connectivity index (χ1n) is 4.94. The van der Waals surface area contributed by atoms with Crippen molar-refractivity contribution in [1.29, 1.82) is 0 Å². The monoisotopic (exact) mass is 157 g/mol. The SMILES string of the molecule is CCCC(CC(C)C)NCC. The summed E-state index contributed by atoms with van der Waals surface area (Å²) >= 11 is 0. The Labute approximate surface area is 71.6 Å². The Bertz CT molecular complexity index is 72.9. The Hall–Kier alpha value is -0.0400. The van der Waals surface area contributed by atoms with E-state index in [2.05, 4.69) is 33.0 Å². The van der Waals surface area contributed by atoms with Gasteiger partial charge in [0, 0.05) is 6.04 Å². The maximum atomic E-state index is 3.51. The van der Waals surface area contributed by atoms with Gasteiger partial charge in [-0.15, -0.1) is 0 Å². The van der Waals surface area contributed by atoms with Crippen molar-refractivity contribution in [3.8, 4) is 0 Å². The maximum absolute atomic E-state index is 3.51. The molecule has 0 aromatic rings. The molecule has 11 heavy (non-hydrogen) atoms. The average Bonchev–Trinajstić information content (AvgIpc) is 1.87. The predicted octanol–water partition coefficient (Wildman–Crippen LogP) is 2.81. The third-order valence-corrected chi connectivity index (χ3v) is 1.89. The zero-order valence-corrected chi connectivity index (χ0v) is 8.48. The van der Waals surface area contributed by atoms with Gasteiger partial charge >= 0.3 is 0 Å². The van der Waals surface area contributed by atoms with Gasteiger partial charge in [-0.3, -0.25) is 0 Å². The van der Waals surface area contributed by atoms with Crippen molar-refractivity contribution < 1.29 is 0 Å². The molecule has 0 aromatic heterocycles. The molecule has 0 aromatic carbocycles. The van der Waals surface area contributed by atoms with Crippen LogP contribution in [0.15, 0.2) is 0 Å². The molecule has 0 rings (SSSR count). The zero-order chi connectivity index (χ0) is 8.69. The van der Waals surface area contributed by atoms with Gasteiger partial charge in [0.2, 0.25) is 0 Å². The molecule has 0 saturated heterocycles. The molecule has 0 saturated carbocycles. The molecule has 1 unspecified atom stereocenters. The first-order chi connectivity index (χ1) is 5.20. The maximum Gasteiger partial charge on any atom is 0.00692 e. The summed E-state index contributed by atoms with van der Waals surface area (Å²) in [6, 6.07) is 0.755. The minimum Gasteiger partial charge on any atom is -0.314 e. The molecule has 0 spiro atoms. The Kier molecular flexibility index (Phi) is 6.63. The molecule has 0 aliphatic heterocycles. The highest BCUT2D eigenvalue weighted by Gasteiger charge is 2.07. The van der Waals surface area contributed by atoms with Crippen molar-refractivity contribution in [2.24, 2.45) is 5.92 Å². The van der Waals surface area contributed by atoms with Gasteiger partial charge in [-0.1, -0.05) is 34.1 Å². The molecule has 0 aliphatic carbocycles. The van der Waals surface area contributed by atoms with E-state index in [1.807, 2.05) is 0 Å². The molecule has 1 heteroatoms. The summed E-state index contributed by atoms with van der Waals surface area (Å²) in [6.45, 7) is 10.1. The Balaban J connectivity index is 3.50. The summed E-state index contributed by atoms with van der Waals surface area (Å²) in [7, 11) is 0. The first-order valence-corrected chi connectivity index (χ1v) is 4.94. The Morgan fingerprint density at radius 2 is 1.82 bits per heavy atom. The van der Waals surface area contributed by atoms with Crippen LogP contribution in [0.3, 0.4) is 0 Å². The van der Waals surface area contributed by atoms with Crippen LogP contribution in [0, 0.1) is 5.92 Å². The zero-order valence-electron chi connectivity index (χ0n) is 8.48. The molecule has 1 atom stereocenters. The fraction of sp³-hybridized carbons (Fsp3) is 1.00. The van der Waals surface area contributed by atoms with Gasteiger partial charge in [0.15, 0.2) is 0 Å². The van der Waals surface area contributed by atoms with E-state index in [4.69, 9.17) is 0 Å². The standard InChI is InChI=1S/C10H23N/c1-5-7-10(11-6-2)8-9(3)4/h9-11H,5-8H2,1-4H3. The lowest BCUT2D eigenvalue weighted by atomic mass is 10.0. The average molecular weight is 157 g/mol. The third kappa shape index (κ3) is 6.36. The topological polar surface area (TPSA) is 12.0 Å². The van der Waals surface area contributed by atoms with E-state index in [1.54, 1.807) is 0 Å². The van der Waals surface area contributed by atoms with E-state index in [1.165, 1.54) is 19.3 Å². The summed E-state index contributed by atoms with van der Waals surface area (Å²) < 4.78 is 0. The molecule has 0 heterocycles. The molecule has 0 amide bonds. The predicted molar refractivity (Wildman–Crippen MR) is 51.8 cm³/mol. The second kappa shape index (κ2) is 6.66. The molecule has 68 valence electrons. The van der Waals surface area contributed by atoms with E-state index >= 15 is 0 Å². The van der Waals surface area contributed by atoms with Crippen molar-refractivity contribution in [1.82, 2.24) is 5.32 Å². The van der Waals surface area contributed by atoms with E-state index in [-0.39, 0.29) is 0 Å². The molecule has 0 fully saturated rings. The van der Waals surface area contributed by atoms with Crippen molar-refractivity contribution in [2.75, 3.05) is 6.54 Å². The van der Waals surface area contributed by atoms with Crippen LogP contribution in [0.5, 0.6) is 0 Å². The van der Waals surface area contributed by atoms with Gasteiger partial charge in [0.25, 0.3) is 0 Å². The summed E-state index contributed by atoms with van der Waals surface area (Å²) in [6.07, 6.45) is 3.94. The molecule has 1 N–H and O–H groups in total. The van der Waals surface area contributed by atoms with E-state index in [0.717, 1.165) is 18.5 Å². The minimum absolute atomic E-state index is 0.755. The highest BCUT2D eigenvalue weighted by Crippen LogP contribution is 2.08. The van der Waals surface area contributed by atoms with Crippen molar-refractivity contribution in [2.45, 2.75) is 53.0 Å². The van der Waals surface area contributed by atoms with Crippen LogP contribution < -0.4 is 5.32 Å². The highest BCUT2D eigenvalue weighted by molar-refractivity contribution is 4.66. The lowest BCUT2D eigenvalue weighted by Crippen LogP contribution is -2.29. The minimum atomic E-state index is 0.755. The van der Waals surface area contributed by atoms with Crippen LogP contribution >= 0.6 is 0 Å². The van der Waals surface area contributed by atoms with Crippen LogP contribution in [0.4, 0.5) is 0 Å². The van der Waals surface area contributed by atoms with E-state index in [9.17, 15) is 0 Å². The second-order valence-electron chi connectivity index (χ2n) is 3.67. The van der Waals surface area contributed by atoms with Gasteiger partial charge in [-0.2, -0.15) is 0 Å². The molecule has 1 nitrogen and oxygen atoms in total. The van der Waals surface area contributed by atoms with Gasteiger partial charge in [0.05, 0.1) is 0 Å². The van der Waals surface area contributed by atoms with E-state index < -0.39 is 0 Å². The summed E-state index contributed by atoms with van der Waals surface area (Å²) in [4.78, 5) is 0. The summed E-state index contributed by atoms with van der Waals surface area (Å²) in [5.41, 5.74) is 0. The highest BCUT2D eigenvalue weighted by atomic mass is 14.9. The second-order valence-corrected chi connectivity index (χ2v) is 3.67. The molecular formula is C10H23N. The summed E-state index contributed by atoms with van der Waals surface area (Å²) in [5, 5.41) is 3.51. The molecule has 0 radical (unpaired) electrons. The fourth-order valence-electron chi connectivity index (χ4n) is 1.51. The Morgan fingerprint density at radius 3 is 2.18 bits per heavy atom. The number of rotatable bonds is 6. The quantitative estimate of drug-likeness (QED) is 0.625. The molecular weight excluding hydrogens is 134 g/mol. The Morgan fingerprint density at radius 1 is 1.18 bits per heavy atom. The van der Waals surface area contributed by atoms with Gasteiger partial charge in [-0.25, -0.2) is 0 Å². The molecule has 0 aliphatic rings. The van der Waals surface area contributed by atoms with Crippen LogP contribution in [0.1, 0.15) is 47.0 Å². The van der Waals surface area contributed by atoms with Crippen molar-refractivity contribution >= 4 is 0 Å². The van der Waals surface area contributed by atoms with Gasteiger partial charge < -0.3 is 5.32 Å². The molecule has 0 bridgehead atoms. The number of nitrogens with one attached hydrogen (secondary N) is 1. The fourth-order valence-corrected chi connectivity index (χ4v) is 1.51. The van der Waals surface area contributed by atoms with Crippen LogP contribution in [-0.4, -0.2) is 12.6 Å². The summed E-state index contributed by atoms with van der Waals surface area (Å²) in [5.74, 6) is 0.825. The number of hydrogen-bond acceptors (Lipinski definition) is 1. The smallest absolute Gasteiger partial charge is 0.00692 e. The lowest BCUT2D eigenvalue weighted by molar-refractivity contribution is 0.402. The lowest BCUT2D eigenvalue weighted by Gasteiger charge is -2.18. The van der Waals surface area contributed by atoms with Crippen LogP contribution in [0.25, 0.3) is 0 Å². The largest absolute Gasteiger partial charge is 0.314 e. The van der Waals surface area contributed by atoms with E-state index in [0.29, 0.717) is 0 Å². The first kappa shape index (κ1) is 11.0. The normalized spacial score (nSPS) is 13.9. The van der Waals surface area contributed by atoms with Crippen LogP contribution in [0.2, 0.25) is 0 Å². The van der Waals surface area contributed by atoms with Crippen molar-refractivity contribution in [3.63, 3.8) is 0 Å². The third-order valence-electron chi connectivity index (χ3n) is 1.89. The van der Waals surface area contributed by atoms with Crippen molar-refractivity contribution in [3.05, 3.63) is 0 Å². The number of hydrogen-bond donors (Lipinski definition) is 1. The van der Waals surface area contributed by atoms with Gasteiger partial charge in [0.1, 0.15) is 0 Å². The van der Waals surface area contributed by atoms with Gasteiger partial charge in [-0.05, 0) is 25.3 Å². The van der Waals surface area contributed by atoms with Crippen LogP contribution in [-0.2, 0) is 0 Å².